The lowest BCUT2D eigenvalue weighted by molar-refractivity contribution is -0.307. The molecule has 31 heteroatoms. The summed E-state index contributed by atoms with van der Waals surface area (Å²) in [5, 5.41) is 141. The molecule has 133 heavy (non-hydrogen) atoms. The number of aliphatic hydroxyl groups excluding tert-OH is 11. The third-order valence-corrected chi connectivity index (χ3v) is 31.6. The molecule has 6 rings (SSSR count). The van der Waals surface area contributed by atoms with Crippen LogP contribution in [0, 0.1) is 130 Å². The largest absolute Gasteiger partial charge is 0.462 e. The molecule has 31 nitrogen and oxygen atoms in total. The van der Waals surface area contributed by atoms with Gasteiger partial charge >= 0.3 is 23.9 Å². The zero-order chi connectivity index (χ0) is 103. The quantitative estimate of drug-likeness (QED) is 0.0549. The number of Topliss-reactive ketones (excluding diaryl/α,β-unsaturated/α-hetero) is 4. The molecule has 6 aliphatic rings. The molecule has 47 atom stereocenters. The molecule has 0 aromatic carbocycles. The van der Waals surface area contributed by atoms with E-state index in [0.29, 0.717) is 38.5 Å². The number of carbonyl (C=O) groups is 8. The molecular formula is C102H185NO30. The van der Waals surface area contributed by atoms with E-state index in [1.54, 1.807) is 145 Å². The Bertz CT molecular complexity index is 3530. The van der Waals surface area contributed by atoms with E-state index in [1.807, 2.05) is 81.3 Å². The number of nitrogens with zero attached hydrogens (tertiary/aromatic N) is 1. The van der Waals surface area contributed by atoms with Gasteiger partial charge in [0.25, 0.3) is 0 Å². The highest BCUT2D eigenvalue weighted by molar-refractivity contribution is 5.89. The third-order valence-electron chi connectivity index (χ3n) is 31.6. The molecule has 0 bridgehead atoms. The topological polar surface area (TPSA) is 486 Å². The number of cyclic esters (lactones) is 4. The fraction of sp³-hybridized carbons (Fsp3) is 0.902. The molecule has 0 aromatic heterocycles. The summed E-state index contributed by atoms with van der Waals surface area (Å²) in [7, 11) is 5.27. The van der Waals surface area contributed by atoms with Gasteiger partial charge in [-0.2, -0.15) is 0 Å². The molecule has 0 amide bonds. The van der Waals surface area contributed by atoms with Gasteiger partial charge in [0.2, 0.25) is 0 Å². The van der Waals surface area contributed by atoms with Crippen LogP contribution in [0.4, 0.5) is 0 Å². The molecule has 8 unspecified atom stereocenters. The third kappa shape index (κ3) is 32.5. The van der Waals surface area contributed by atoms with Crippen molar-refractivity contribution < 1.29 is 147 Å². The number of methoxy groups -OCH3 is 1. The van der Waals surface area contributed by atoms with Crippen LogP contribution in [0.2, 0.25) is 0 Å². The highest BCUT2D eigenvalue weighted by atomic mass is 16.7. The maximum Gasteiger partial charge on any atom is 0.311 e. The van der Waals surface area contributed by atoms with Gasteiger partial charge in [-0.1, -0.05) is 152 Å². The Kier molecular flexibility index (Phi) is 51.6. The van der Waals surface area contributed by atoms with Crippen LogP contribution in [0.15, 0.2) is 13.2 Å². The van der Waals surface area contributed by atoms with Crippen molar-refractivity contribution in [3.63, 3.8) is 0 Å². The van der Waals surface area contributed by atoms with Gasteiger partial charge in [-0.05, 0) is 165 Å². The first kappa shape index (κ1) is 125. The lowest BCUT2D eigenvalue weighted by Crippen LogP contribution is -2.58. The fourth-order valence-electron chi connectivity index (χ4n) is 20.5. The fourth-order valence-corrected chi connectivity index (χ4v) is 20.5. The average molecular weight is 1910 g/mol. The highest BCUT2D eigenvalue weighted by Gasteiger charge is 2.54. The first-order chi connectivity index (χ1) is 61.3. The number of aliphatic hydroxyl groups is 13. The second-order valence-corrected chi connectivity index (χ2v) is 42.4. The van der Waals surface area contributed by atoms with Crippen LogP contribution in [0.25, 0.3) is 0 Å². The smallest absolute Gasteiger partial charge is 0.311 e. The van der Waals surface area contributed by atoms with Crippen molar-refractivity contribution in [2.45, 2.75) is 437 Å². The van der Waals surface area contributed by atoms with E-state index in [-0.39, 0.29) is 90.7 Å². The summed E-state index contributed by atoms with van der Waals surface area (Å²) < 4.78 is 54.0. The minimum absolute atomic E-state index is 0.0107. The van der Waals surface area contributed by atoms with Crippen LogP contribution >= 0.6 is 0 Å². The predicted octanol–water partition coefficient (Wildman–Crippen LogP) is 10.2. The lowest BCUT2D eigenvalue weighted by Gasteiger charge is -2.47. The number of esters is 4. The Hall–Kier alpha value is -4.46. The van der Waals surface area contributed by atoms with Crippen molar-refractivity contribution in [3.05, 3.63) is 13.2 Å². The molecule has 6 heterocycles. The zero-order valence-electron chi connectivity index (χ0n) is 87.3. The molecule has 13 N–H and O–H groups in total. The average Bonchev–Trinajstić information content (AvgIpc) is 0.779. The zero-order valence-corrected chi connectivity index (χ0v) is 87.3. The maximum absolute atomic E-state index is 14.1. The molecule has 6 saturated heterocycles. The molecule has 0 saturated carbocycles. The number of ketones is 4. The summed E-state index contributed by atoms with van der Waals surface area (Å²) >= 11 is 0. The minimum atomic E-state index is -1.79. The summed E-state index contributed by atoms with van der Waals surface area (Å²) in [6.45, 7) is 59.9. The first-order valence-corrected chi connectivity index (χ1v) is 49.5. The first-order valence-electron chi connectivity index (χ1n) is 49.5. The van der Waals surface area contributed by atoms with E-state index in [4.69, 9.17) is 42.6 Å². The molecule has 6 aliphatic heterocycles. The second-order valence-electron chi connectivity index (χ2n) is 42.4. The molecule has 0 aliphatic carbocycles. The number of rotatable bonds is 10. The van der Waals surface area contributed by atoms with Crippen LogP contribution < -0.4 is 0 Å². The SMILES string of the molecule is C=C.CCC[C@H]1OC(=O)[C@H](C)[C@@H](O)[C@H](C)[C@@H](O)[C@@H](C)C[C@@H](C)C(=O)[C@H](C)[C@@H](O)[C@H]1C.CC[C@H]1OC(=O)[C@H](C)[C@@H](O)[C@H](C)[C@@H](O)[C@@H](C)C[C@@H](C)C(=O)[C@H](C)[C@@H](O)[C@H]1C.CC[C@H]1OC(=O)[C@H](C)[C@@H](OC2CC(C)(OC)C(O)C(C)O2)[C@H](C)[C@@H](OC2OC(C)CC(N(C)C)C2O)CC[C@](C)(O)C(=O)[C@H](C)[C@@H](C)[C@]1(C)O.C[C@@H]1[C@@H](O)[C@@H](C)C[C@@H](C)C(=O)[C@H](C)[C@@H](O)[C@@H](C)[C@@H](C)OC(=O)[C@H](C)[C@H]1O. The van der Waals surface area contributed by atoms with E-state index >= 15 is 0 Å². The molecule has 6 fully saturated rings. The number of likely N-dealkylation sites (N-methyl/N-ethyl adjacent to an activating group) is 1. The Labute approximate surface area is 796 Å². The van der Waals surface area contributed by atoms with Gasteiger partial charge in [0.1, 0.15) is 65.2 Å². The second kappa shape index (κ2) is 55.1. The Morgan fingerprint density at radius 1 is 0.414 bits per heavy atom. The summed E-state index contributed by atoms with van der Waals surface area (Å²) in [5.41, 5.74) is -4.39. The highest BCUT2D eigenvalue weighted by Crippen LogP contribution is 2.43. The van der Waals surface area contributed by atoms with Crippen molar-refractivity contribution in [3.8, 4) is 0 Å². The van der Waals surface area contributed by atoms with Gasteiger partial charge in [0, 0.05) is 102 Å². The molecule has 0 spiro atoms. The Morgan fingerprint density at radius 3 is 1.17 bits per heavy atom. The number of hydrogen-bond donors (Lipinski definition) is 13. The molecule has 778 valence electrons. The van der Waals surface area contributed by atoms with E-state index < -0.39 is 264 Å². The summed E-state index contributed by atoms with van der Waals surface area (Å²) in [6, 6.07) is -0.250. The van der Waals surface area contributed by atoms with Crippen molar-refractivity contribution in [1.29, 1.82) is 0 Å². The van der Waals surface area contributed by atoms with Gasteiger partial charge in [-0.3, -0.25) is 38.4 Å². The van der Waals surface area contributed by atoms with Gasteiger partial charge in [-0.25, -0.2) is 0 Å². The number of ether oxygens (including phenoxy) is 9. The monoisotopic (exact) mass is 1900 g/mol. The number of carbonyl (C=O) groups excluding carboxylic acids is 8. The molecular weight excluding hydrogens is 1720 g/mol. The van der Waals surface area contributed by atoms with Gasteiger partial charge in [-0.15, -0.1) is 13.2 Å². The van der Waals surface area contributed by atoms with Crippen LogP contribution in [0.5, 0.6) is 0 Å². The van der Waals surface area contributed by atoms with Gasteiger partial charge in [0.15, 0.2) is 18.4 Å². The standard InChI is InChI=1S/C37H67NO12.C22H40O6.C21H38O6.C20H36O6.C2H4/c1-14-27-37(10,44)23(6)20(3)31(40)35(8,43)16-15-26(48-34-29(39)25(38(11)12)17-19(2)46-34)21(4)30(22(5)33(42)49-27)50-28-18-36(9,45-13)32(41)24(7)47-28;1-8-9-17-13(4)20(25)14(5)18(23)11(2)10-12(3)19(24)15(6)21(26)16(7)22(27)28-17;1-8-16-12(4)19(24)13(5)17(22)10(2)9-11(3)18(23)14(6)20(25)15(7)21(26)27-16;1-9-8-10(2)17(22)13(5)19(24)14(6)20(25)26-15(7)11(3)18(23)12(4)16(9)21;1-2/h19-30,32,34,39,41,43-44H,14-18H2,1-13H3;11-17,19-21,24-26H,8-10H2,1-7H3;10-16,18-20,23-25H,8-9H2,1-7H3;9-15,17-19,22-24H,8H2,1-7H3;1-2H2/t19?,20-,21-,22-,23-,24?,25?,26+,27-,28?,29?,30+,32?,34?,35+,36?,37+;11-,12+,13+,14+,15-,16-,17-,19+,20+,21+;10-,11+,12+,13+,14-,15-,16-,18+,19+,20+;9-,10+,11+,12+,13-,14-,15-,17+,18+,19+;/m1111./s1. The van der Waals surface area contributed by atoms with E-state index in [0.717, 1.165) is 6.42 Å². The maximum atomic E-state index is 14.1. The summed E-state index contributed by atoms with van der Waals surface area (Å²) in [4.78, 5) is 106. The van der Waals surface area contributed by atoms with Crippen molar-refractivity contribution in [1.82, 2.24) is 4.90 Å². The van der Waals surface area contributed by atoms with Crippen molar-refractivity contribution >= 4 is 47.0 Å². The van der Waals surface area contributed by atoms with Crippen LogP contribution in [-0.4, -0.2) is 291 Å². The van der Waals surface area contributed by atoms with Crippen LogP contribution in [-0.2, 0) is 81.0 Å². The summed E-state index contributed by atoms with van der Waals surface area (Å²) in [6.07, 6.45) is -13.3. The van der Waals surface area contributed by atoms with Crippen LogP contribution in [0.3, 0.4) is 0 Å². The van der Waals surface area contributed by atoms with Crippen molar-refractivity contribution in [2.75, 3.05) is 21.2 Å². The molecule has 0 aromatic rings. The number of hydrogen-bond acceptors (Lipinski definition) is 31. The normalized spacial score (nSPS) is 46.4. The van der Waals surface area contributed by atoms with Crippen LogP contribution in [0.1, 0.15) is 285 Å². The van der Waals surface area contributed by atoms with Gasteiger partial charge < -0.3 is 114 Å². The van der Waals surface area contributed by atoms with E-state index in [9.17, 15) is 105 Å². The van der Waals surface area contributed by atoms with Gasteiger partial charge in [0.05, 0.1) is 109 Å². The Balaban J connectivity index is 0.000000625. The molecule has 0 radical (unpaired) electrons. The lowest BCUT2D eigenvalue weighted by atomic mass is 9.72. The van der Waals surface area contributed by atoms with Crippen molar-refractivity contribution in [2.24, 2.45) is 130 Å². The van der Waals surface area contributed by atoms with E-state index in [1.165, 1.54) is 14.0 Å². The Morgan fingerprint density at radius 2 is 0.789 bits per heavy atom. The van der Waals surface area contributed by atoms with E-state index in [2.05, 4.69) is 13.2 Å². The minimum Gasteiger partial charge on any atom is -0.462 e. The summed E-state index contributed by atoms with van der Waals surface area (Å²) in [5.74, 6) is -14.5. The predicted molar refractivity (Wildman–Crippen MR) is 505 cm³/mol.